The lowest BCUT2D eigenvalue weighted by Gasteiger charge is -2.60. The van der Waals surface area contributed by atoms with Crippen LogP contribution in [-0.2, 0) is 24.3 Å². The molecule has 0 amide bonds. The van der Waals surface area contributed by atoms with Crippen LogP contribution in [0.25, 0.3) is 0 Å². The summed E-state index contributed by atoms with van der Waals surface area (Å²) in [6, 6.07) is 8.64. The van der Waals surface area contributed by atoms with Crippen molar-refractivity contribution in [3.05, 3.63) is 29.8 Å². The first-order chi connectivity index (χ1) is 17.2. The summed E-state index contributed by atoms with van der Waals surface area (Å²) in [7, 11) is 0. The largest absolute Gasteiger partial charge is 0.492 e. The van der Waals surface area contributed by atoms with Crippen molar-refractivity contribution < 1.29 is 29.0 Å². The minimum Gasteiger partial charge on any atom is -0.492 e. The van der Waals surface area contributed by atoms with Crippen LogP contribution in [0.15, 0.2) is 24.3 Å². The Balaban J connectivity index is 0.901. The van der Waals surface area contributed by atoms with Gasteiger partial charge >= 0.3 is 0 Å². The average molecular weight is 486 g/mol. The lowest BCUT2D eigenvalue weighted by molar-refractivity contribution is -0.680. The molecule has 1 aromatic rings. The Morgan fingerprint density at radius 1 is 0.800 bits per heavy atom. The normalized spacial score (nSPS) is 43.1. The van der Waals surface area contributed by atoms with Crippen molar-refractivity contribution in [1.29, 1.82) is 0 Å². The zero-order valence-electron chi connectivity index (χ0n) is 20.7. The first kappa shape index (κ1) is 22.9. The molecule has 2 heterocycles. The van der Waals surface area contributed by atoms with Crippen molar-refractivity contribution >= 4 is 0 Å². The van der Waals surface area contributed by atoms with Crippen LogP contribution in [0, 0.1) is 23.7 Å². The fourth-order valence-corrected chi connectivity index (χ4v) is 7.93. The van der Waals surface area contributed by atoms with E-state index in [9.17, 15) is 0 Å². The molecule has 2 spiro atoms. The maximum Gasteiger partial charge on any atom is 0.239 e. The van der Waals surface area contributed by atoms with Crippen molar-refractivity contribution in [2.45, 2.75) is 75.3 Å². The highest BCUT2D eigenvalue weighted by Crippen LogP contribution is 2.62. The van der Waals surface area contributed by atoms with Crippen molar-refractivity contribution in [1.82, 2.24) is 4.90 Å². The smallest absolute Gasteiger partial charge is 0.239 e. The van der Waals surface area contributed by atoms with Gasteiger partial charge in [-0.3, -0.25) is 4.90 Å². The van der Waals surface area contributed by atoms with Gasteiger partial charge in [0.1, 0.15) is 12.4 Å². The Kier molecular flexibility index (Phi) is 6.07. The highest BCUT2D eigenvalue weighted by molar-refractivity contribution is 5.30. The van der Waals surface area contributed by atoms with Crippen molar-refractivity contribution in [3.8, 4) is 5.75 Å². The van der Waals surface area contributed by atoms with Gasteiger partial charge in [0, 0.05) is 44.3 Å². The second-order valence-electron chi connectivity index (χ2n) is 11.9. The predicted molar refractivity (Wildman–Crippen MR) is 127 cm³/mol. The Morgan fingerprint density at radius 2 is 1.43 bits per heavy atom. The maximum atomic E-state index is 6.20. The second-order valence-corrected chi connectivity index (χ2v) is 11.9. The summed E-state index contributed by atoms with van der Waals surface area (Å²) in [5, 5.41) is 0. The van der Waals surface area contributed by atoms with Crippen LogP contribution >= 0.6 is 0 Å². The van der Waals surface area contributed by atoms with Gasteiger partial charge in [0.2, 0.25) is 11.6 Å². The number of morpholine rings is 1. The monoisotopic (exact) mass is 485 g/mol. The van der Waals surface area contributed by atoms with Crippen LogP contribution in [-0.4, -0.2) is 55.9 Å². The zero-order chi connectivity index (χ0) is 23.3. The van der Waals surface area contributed by atoms with Gasteiger partial charge < -0.3 is 9.47 Å². The lowest BCUT2D eigenvalue weighted by atomic mass is 9.53. The van der Waals surface area contributed by atoms with Gasteiger partial charge in [-0.2, -0.15) is 19.6 Å². The van der Waals surface area contributed by atoms with E-state index < -0.39 is 11.6 Å². The van der Waals surface area contributed by atoms with Gasteiger partial charge in [-0.1, -0.05) is 12.1 Å². The first-order valence-electron chi connectivity index (χ1n) is 14.0. The topological polar surface area (TPSA) is 58.6 Å². The summed E-state index contributed by atoms with van der Waals surface area (Å²) >= 11 is 0. The first-order valence-corrected chi connectivity index (χ1v) is 14.0. The maximum absolute atomic E-state index is 6.20. The van der Waals surface area contributed by atoms with Crippen molar-refractivity contribution in [2.24, 2.45) is 23.7 Å². The average Bonchev–Trinajstić information content (AvgIpc) is 2.90. The molecular formula is C28H39NO6. The molecule has 0 unspecified atom stereocenters. The number of hydrogen-bond acceptors (Lipinski definition) is 7. The molecule has 2 saturated heterocycles. The van der Waals surface area contributed by atoms with Gasteiger partial charge in [0.05, 0.1) is 13.2 Å². The van der Waals surface area contributed by atoms with Gasteiger partial charge in [0.15, 0.2) is 0 Å². The molecule has 35 heavy (non-hydrogen) atoms. The third kappa shape index (κ3) is 4.32. The van der Waals surface area contributed by atoms with Crippen LogP contribution in [0.2, 0.25) is 0 Å². The van der Waals surface area contributed by atoms with Crippen LogP contribution in [0.1, 0.15) is 69.3 Å². The lowest BCUT2D eigenvalue weighted by Crippen LogP contribution is -2.64. The molecule has 0 radical (unpaired) electrons. The summed E-state index contributed by atoms with van der Waals surface area (Å²) < 4.78 is 11.4. The molecule has 1 aromatic carbocycles. The van der Waals surface area contributed by atoms with Gasteiger partial charge in [-0.05, 0) is 80.4 Å². The number of nitrogens with zero attached hydrogens (tertiary/aromatic N) is 1. The molecule has 0 N–H and O–H groups in total. The fraction of sp³-hybridized carbons (Fsp3) is 0.786. The SMILES string of the molecule is c1cc(C2CCC3(CC2)OOC2(OO3)C3CC4CC(C3)CC2C4)ccc1OCCN1CCOCC1. The zero-order valence-corrected chi connectivity index (χ0v) is 20.7. The second kappa shape index (κ2) is 9.26. The van der Waals surface area contributed by atoms with Gasteiger partial charge in [-0.15, -0.1) is 0 Å². The van der Waals surface area contributed by atoms with E-state index in [1.54, 1.807) is 0 Å². The third-order valence-corrected chi connectivity index (χ3v) is 9.80. The molecule has 0 atom stereocenters. The van der Waals surface area contributed by atoms with E-state index in [1.165, 1.54) is 37.7 Å². The molecule has 7 heteroatoms. The number of hydrogen-bond donors (Lipinski definition) is 0. The predicted octanol–water partition coefficient (Wildman–Crippen LogP) is 4.81. The number of benzene rings is 1. The van der Waals surface area contributed by atoms with E-state index in [1.807, 2.05) is 0 Å². The van der Waals surface area contributed by atoms with Gasteiger partial charge in [-0.25, -0.2) is 0 Å². The Morgan fingerprint density at radius 3 is 2.06 bits per heavy atom. The Labute approximate surface area is 208 Å². The number of ether oxygens (including phenoxy) is 2. The molecular weight excluding hydrogens is 446 g/mol. The van der Waals surface area contributed by atoms with Crippen molar-refractivity contribution in [2.75, 3.05) is 39.5 Å². The molecule has 192 valence electrons. The molecule has 7 fully saturated rings. The summed E-state index contributed by atoms with van der Waals surface area (Å²) in [5.41, 5.74) is 1.36. The molecule has 7 nitrogen and oxygen atoms in total. The highest BCUT2D eigenvalue weighted by Gasteiger charge is 2.64. The van der Waals surface area contributed by atoms with Crippen LogP contribution in [0.5, 0.6) is 5.75 Å². The molecule has 2 aliphatic heterocycles. The summed E-state index contributed by atoms with van der Waals surface area (Å²) in [6.45, 7) is 5.31. The minimum absolute atomic E-state index is 0.419. The molecule has 5 saturated carbocycles. The van der Waals surface area contributed by atoms with Gasteiger partial charge in [0.25, 0.3) is 0 Å². The molecule has 8 rings (SSSR count). The Bertz CT molecular complexity index is 836. The summed E-state index contributed by atoms with van der Waals surface area (Å²) in [6.07, 6.45) is 9.74. The van der Waals surface area contributed by atoms with Crippen molar-refractivity contribution in [3.63, 3.8) is 0 Å². The third-order valence-electron chi connectivity index (χ3n) is 9.80. The van der Waals surface area contributed by atoms with Crippen LogP contribution in [0.4, 0.5) is 0 Å². The quantitative estimate of drug-likeness (QED) is 0.555. The van der Waals surface area contributed by atoms with E-state index in [4.69, 9.17) is 29.0 Å². The minimum atomic E-state index is -0.751. The van der Waals surface area contributed by atoms with E-state index >= 15 is 0 Å². The fourth-order valence-electron chi connectivity index (χ4n) is 7.93. The van der Waals surface area contributed by atoms with E-state index in [0.717, 1.165) is 76.1 Å². The van der Waals surface area contributed by atoms with Crippen LogP contribution < -0.4 is 4.74 Å². The molecule has 4 bridgehead atoms. The summed E-state index contributed by atoms with van der Waals surface area (Å²) in [4.78, 5) is 27.0. The number of rotatable bonds is 5. The van der Waals surface area contributed by atoms with E-state index in [2.05, 4.69) is 29.2 Å². The highest BCUT2D eigenvalue weighted by atomic mass is 17.4. The van der Waals surface area contributed by atoms with E-state index in [0.29, 0.717) is 24.4 Å². The molecule has 5 aliphatic carbocycles. The standard InChI is InChI=1S/C28H39NO6/c1-3-26(31-14-11-29-9-12-30-13-10-29)4-2-22(1)23-5-7-27(8-6-23)32-34-28(35-33-27)24-16-20-15-21(18-24)19-25(28)17-20/h1-4,20-21,23-25H,5-19H2. The molecule has 7 aliphatic rings. The van der Waals surface area contributed by atoms with Crippen LogP contribution in [0.3, 0.4) is 0 Å². The molecule has 0 aromatic heterocycles. The Hall–Kier alpha value is -1.22. The summed E-state index contributed by atoms with van der Waals surface area (Å²) in [5.74, 6) is 2.56. The van der Waals surface area contributed by atoms with E-state index in [-0.39, 0.29) is 0 Å².